The molecule has 1 saturated heterocycles. The van der Waals surface area contributed by atoms with Crippen molar-refractivity contribution in [2.45, 2.75) is 45.6 Å². The number of hydrogen-bond donors (Lipinski definition) is 1. The van der Waals surface area contributed by atoms with Crippen molar-refractivity contribution in [2.24, 2.45) is 0 Å². The first-order chi connectivity index (χ1) is 15.4. The van der Waals surface area contributed by atoms with Crippen LogP contribution in [0.5, 0.6) is 0 Å². The number of rotatable bonds is 5. The van der Waals surface area contributed by atoms with Gasteiger partial charge in [0.2, 0.25) is 0 Å². The van der Waals surface area contributed by atoms with E-state index in [0.29, 0.717) is 38.5 Å². The van der Waals surface area contributed by atoms with Crippen molar-refractivity contribution in [1.29, 1.82) is 0 Å². The maximum atomic E-state index is 13.2. The summed E-state index contributed by atoms with van der Waals surface area (Å²) in [5.74, 6) is 0.0703. The minimum absolute atomic E-state index is 0.218. The number of nitrogens with one attached hydrogen (secondary N) is 1. The molecule has 1 aliphatic rings. The molecule has 0 unspecified atom stereocenters. The summed E-state index contributed by atoms with van der Waals surface area (Å²) in [6, 6.07) is 9.80. The van der Waals surface area contributed by atoms with E-state index in [0.717, 1.165) is 5.56 Å². The van der Waals surface area contributed by atoms with Gasteiger partial charge in [0.15, 0.2) is 5.69 Å². The third-order valence-electron chi connectivity index (χ3n) is 5.44. The SMILES string of the molecule is CC(C)(C)OC(=O)N1CCN(C(=O)c2ccc(NCC(C)(C)c3ccc(F)cc3)nn2)CC1. The summed E-state index contributed by atoms with van der Waals surface area (Å²) in [6.45, 7) is 11.8. The van der Waals surface area contributed by atoms with E-state index in [4.69, 9.17) is 4.74 Å². The van der Waals surface area contributed by atoms with Crippen LogP contribution in [0.15, 0.2) is 36.4 Å². The molecule has 2 heterocycles. The van der Waals surface area contributed by atoms with Crippen LogP contribution in [-0.4, -0.2) is 70.3 Å². The summed E-state index contributed by atoms with van der Waals surface area (Å²) in [7, 11) is 0. The molecule has 2 amide bonds. The summed E-state index contributed by atoms with van der Waals surface area (Å²) in [6.07, 6.45) is -0.367. The molecule has 0 saturated carbocycles. The highest BCUT2D eigenvalue weighted by molar-refractivity contribution is 5.92. The van der Waals surface area contributed by atoms with Crippen molar-refractivity contribution >= 4 is 17.8 Å². The van der Waals surface area contributed by atoms with Crippen molar-refractivity contribution in [3.63, 3.8) is 0 Å². The average Bonchev–Trinajstić information content (AvgIpc) is 2.77. The normalized spacial score (nSPS) is 14.7. The van der Waals surface area contributed by atoms with E-state index in [2.05, 4.69) is 29.4 Å². The number of nitrogens with zero attached hydrogens (tertiary/aromatic N) is 4. The summed E-state index contributed by atoms with van der Waals surface area (Å²) >= 11 is 0. The van der Waals surface area contributed by atoms with Crippen LogP contribution < -0.4 is 5.32 Å². The van der Waals surface area contributed by atoms with Gasteiger partial charge in [0.05, 0.1) is 0 Å². The summed E-state index contributed by atoms with van der Waals surface area (Å²) in [4.78, 5) is 28.2. The Morgan fingerprint density at radius 2 is 1.55 bits per heavy atom. The number of piperazine rings is 1. The Labute approximate surface area is 194 Å². The van der Waals surface area contributed by atoms with Crippen LogP contribution in [0.2, 0.25) is 0 Å². The van der Waals surface area contributed by atoms with Crippen molar-refractivity contribution in [2.75, 3.05) is 38.0 Å². The zero-order chi connectivity index (χ0) is 24.2. The first-order valence-electron chi connectivity index (χ1n) is 11.1. The Balaban J connectivity index is 1.52. The maximum Gasteiger partial charge on any atom is 0.410 e. The Morgan fingerprint density at radius 1 is 0.939 bits per heavy atom. The Morgan fingerprint density at radius 3 is 2.09 bits per heavy atom. The second-order valence-corrected chi connectivity index (χ2v) is 9.81. The summed E-state index contributed by atoms with van der Waals surface area (Å²) in [5, 5.41) is 11.4. The van der Waals surface area contributed by atoms with E-state index < -0.39 is 5.60 Å². The molecule has 0 radical (unpaired) electrons. The molecule has 1 aromatic heterocycles. The zero-order valence-corrected chi connectivity index (χ0v) is 19.9. The molecule has 33 heavy (non-hydrogen) atoms. The number of carbonyl (C=O) groups is 2. The van der Waals surface area contributed by atoms with Gasteiger partial charge < -0.3 is 19.9 Å². The minimum Gasteiger partial charge on any atom is -0.444 e. The topological polar surface area (TPSA) is 87.7 Å². The number of halogens is 1. The van der Waals surface area contributed by atoms with Crippen molar-refractivity contribution in [3.05, 3.63) is 53.5 Å². The van der Waals surface area contributed by atoms with Gasteiger partial charge in [-0.2, -0.15) is 0 Å². The van der Waals surface area contributed by atoms with Gasteiger partial charge in [-0.05, 0) is 50.6 Å². The van der Waals surface area contributed by atoms with Gasteiger partial charge >= 0.3 is 6.09 Å². The number of amides is 2. The lowest BCUT2D eigenvalue weighted by Gasteiger charge is -2.35. The van der Waals surface area contributed by atoms with Crippen LogP contribution in [0, 0.1) is 5.82 Å². The maximum absolute atomic E-state index is 13.2. The largest absolute Gasteiger partial charge is 0.444 e. The molecule has 178 valence electrons. The van der Waals surface area contributed by atoms with Gasteiger partial charge in [-0.15, -0.1) is 10.2 Å². The number of carbonyl (C=O) groups excluding carboxylic acids is 2. The predicted octanol–water partition coefficient (Wildman–Crippen LogP) is 3.70. The van der Waals surface area contributed by atoms with Gasteiger partial charge in [-0.3, -0.25) is 4.79 Å². The van der Waals surface area contributed by atoms with Crippen LogP contribution in [0.25, 0.3) is 0 Å². The van der Waals surface area contributed by atoms with Gasteiger partial charge in [-0.1, -0.05) is 26.0 Å². The number of ether oxygens (including phenoxy) is 1. The van der Waals surface area contributed by atoms with E-state index in [9.17, 15) is 14.0 Å². The van der Waals surface area contributed by atoms with E-state index in [-0.39, 0.29) is 28.9 Å². The van der Waals surface area contributed by atoms with Crippen LogP contribution in [0.1, 0.15) is 50.7 Å². The molecule has 0 aliphatic carbocycles. The van der Waals surface area contributed by atoms with E-state index in [1.807, 2.05) is 20.8 Å². The monoisotopic (exact) mass is 457 g/mol. The van der Waals surface area contributed by atoms with Gasteiger partial charge in [0, 0.05) is 38.1 Å². The molecule has 1 N–H and O–H groups in total. The fraction of sp³-hybridized carbons (Fsp3) is 0.500. The third-order valence-corrected chi connectivity index (χ3v) is 5.44. The predicted molar refractivity (Wildman–Crippen MR) is 124 cm³/mol. The van der Waals surface area contributed by atoms with Crippen LogP contribution in [0.3, 0.4) is 0 Å². The lowest BCUT2D eigenvalue weighted by atomic mass is 9.84. The van der Waals surface area contributed by atoms with Crippen molar-refractivity contribution in [1.82, 2.24) is 20.0 Å². The molecule has 8 nitrogen and oxygen atoms in total. The smallest absolute Gasteiger partial charge is 0.410 e. The Hall–Kier alpha value is -3.23. The van der Waals surface area contributed by atoms with Crippen LogP contribution >= 0.6 is 0 Å². The first kappa shape index (κ1) is 24.4. The molecular formula is C24H32FN5O3. The molecular weight excluding hydrogens is 425 g/mol. The lowest BCUT2D eigenvalue weighted by molar-refractivity contribution is 0.0140. The molecule has 0 bridgehead atoms. The lowest BCUT2D eigenvalue weighted by Crippen LogP contribution is -2.51. The number of benzene rings is 1. The van der Waals surface area contributed by atoms with Crippen molar-refractivity contribution < 1.29 is 18.7 Å². The fourth-order valence-electron chi connectivity index (χ4n) is 3.44. The number of hydrogen-bond acceptors (Lipinski definition) is 6. The molecule has 1 aromatic carbocycles. The molecule has 1 aliphatic heterocycles. The van der Waals surface area contributed by atoms with E-state index >= 15 is 0 Å². The zero-order valence-electron chi connectivity index (χ0n) is 19.9. The van der Waals surface area contributed by atoms with Crippen molar-refractivity contribution in [3.8, 4) is 0 Å². The quantitative estimate of drug-likeness (QED) is 0.737. The van der Waals surface area contributed by atoms with Crippen LogP contribution in [-0.2, 0) is 10.2 Å². The molecule has 9 heteroatoms. The molecule has 1 fully saturated rings. The highest BCUT2D eigenvalue weighted by Gasteiger charge is 2.28. The molecule has 0 spiro atoms. The van der Waals surface area contributed by atoms with E-state index in [1.165, 1.54) is 12.1 Å². The first-order valence-corrected chi connectivity index (χ1v) is 11.1. The summed E-state index contributed by atoms with van der Waals surface area (Å²) < 4.78 is 18.6. The second-order valence-electron chi connectivity index (χ2n) is 9.81. The molecule has 2 aromatic rings. The van der Waals surface area contributed by atoms with Gasteiger partial charge in [-0.25, -0.2) is 9.18 Å². The Bertz CT molecular complexity index is 963. The van der Waals surface area contributed by atoms with Gasteiger partial charge in [0.25, 0.3) is 5.91 Å². The summed E-state index contributed by atoms with van der Waals surface area (Å²) in [5.41, 5.74) is 0.451. The second kappa shape index (κ2) is 9.72. The van der Waals surface area contributed by atoms with Gasteiger partial charge in [0.1, 0.15) is 17.2 Å². The number of aromatic nitrogens is 2. The Kier molecular flexibility index (Phi) is 7.19. The van der Waals surface area contributed by atoms with Crippen LogP contribution in [0.4, 0.5) is 15.0 Å². The highest BCUT2D eigenvalue weighted by atomic mass is 19.1. The number of anilines is 1. The average molecular weight is 458 g/mol. The molecule has 0 atom stereocenters. The van der Waals surface area contributed by atoms with E-state index in [1.54, 1.807) is 34.1 Å². The third kappa shape index (κ3) is 6.63. The molecule has 3 rings (SSSR count). The standard InChI is InChI=1S/C24H32FN5O3/c1-23(2,3)33-22(32)30-14-12-29(13-15-30)21(31)19-10-11-20(28-27-19)26-16-24(4,5)17-6-8-18(25)9-7-17/h6-11H,12-16H2,1-5H3,(H,26,28). The fourth-order valence-corrected chi connectivity index (χ4v) is 3.44. The highest BCUT2D eigenvalue weighted by Crippen LogP contribution is 2.24. The minimum atomic E-state index is -0.552.